The fourth-order valence-electron chi connectivity index (χ4n) is 4.85. The minimum absolute atomic E-state index is 0.133. The fourth-order valence-corrected chi connectivity index (χ4v) is 6.48. The molecule has 0 radical (unpaired) electrons. The quantitative estimate of drug-likeness (QED) is 0.169. The molecule has 2 N–H and O–H groups in total. The van der Waals surface area contributed by atoms with E-state index in [-0.39, 0.29) is 22.1 Å². The Morgan fingerprint density at radius 2 is 1.09 bits per heavy atom. The van der Waals surface area contributed by atoms with Crippen LogP contribution in [0.25, 0.3) is 33.6 Å². The van der Waals surface area contributed by atoms with Gasteiger partial charge in [-0.2, -0.15) is 21.4 Å². The summed E-state index contributed by atoms with van der Waals surface area (Å²) in [5.74, 6) is -0.133. The van der Waals surface area contributed by atoms with Gasteiger partial charge in [0.05, 0.1) is 21.8 Å². The molecule has 14 heteroatoms. The predicted molar refractivity (Wildman–Crippen MR) is 163 cm³/mol. The molecule has 0 spiro atoms. The van der Waals surface area contributed by atoms with E-state index in [2.05, 4.69) is 0 Å². The molecular weight excluding hydrogens is 643 g/mol. The van der Waals surface area contributed by atoms with Gasteiger partial charge in [-0.1, -0.05) is 36.4 Å². The van der Waals surface area contributed by atoms with Crippen LogP contribution in [0, 0.1) is 0 Å². The third kappa shape index (κ3) is 7.12. The van der Waals surface area contributed by atoms with Crippen molar-refractivity contribution in [1.82, 2.24) is 0 Å². The van der Waals surface area contributed by atoms with Gasteiger partial charge in [0.15, 0.2) is 6.54 Å². The molecule has 11 nitrogen and oxygen atoms in total. The lowest BCUT2D eigenvalue weighted by Gasteiger charge is -2.16. The second-order valence-electron chi connectivity index (χ2n) is 9.90. The van der Waals surface area contributed by atoms with Gasteiger partial charge in [-0.25, -0.2) is 8.42 Å². The van der Waals surface area contributed by atoms with Gasteiger partial charge >= 0.3 is 0 Å². The molecule has 0 aliphatic rings. The summed E-state index contributed by atoms with van der Waals surface area (Å²) < 4.78 is 109. The SMILES string of the molecule is COc1ccc(-c2cc(-c3ccc(S(=O)(=O)O)cc3)[n+](Cc3ccccc3)c(-c3ccc(S(=O)(=O)O)cc3)c2)cc1S(=O)(=O)[O-]. The first-order valence-corrected chi connectivity index (χ1v) is 17.4. The number of ether oxygens (including phenoxy) is 1. The van der Waals surface area contributed by atoms with Crippen LogP contribution in [0.3, 0.4) is 0 Å². The number of nitrogens with zero attached hydrogens (tertiary/aromatic N) is 1. The largest absolute Gasteiger partial charge is 0.744 e. The van der Waals surface area contributed by atoms with E-state index in [0.29, 0.717) is 33.6 Å². The molecule has 0 atom stereocenters. The Balaban J connectivity index is 1.84. The van der Waals surface area contributed by atoms with Crippen LogP contribution in [-0.2, 0) is 36.9 Å². The van der Waals surface area contributed by atoms with E-state index < -0.39 is 35.2 Å². The van der Waals surface area contributed by atoms with Crippen LogP contribution in [0.2, 0.25) is 0 Å². The minimum atomic E-state index is -4.93. The number of methoxy groups -OCH3 is 1. The van der Waals surface area contributed by atoms with Gasteiger partial charge in [0.25, 0.3) is 20.2 Å². The Kier molecular flexibility index (Phi) is 8.64. The maximum atomic E-state index is 12.1. The molecule has 1 aromatic heterocycles. The number of rotatable bonds is 9. The summed E-state index contributed by atoms with van der Waals surface area (Å²) in [4.78, 5) is -1.21. The topological polar surface area (TPSA) is 179 Å². The van der Waals surface area contributed by atoms with Crippen molar-refractivity contribution in [1.29, 1.82) is 0 Å². The molecule has 0 fully saturated rings. The van der Waals surface area contributed by atoms with Gasteiger partial charge in [-0.15, -0.1) is 0 Å². The summed E-state index contributed by atoms with van der Waals surface area (Å²) in [5, 5.41) is 0. The molecule has 5 aromatic rings. The molecule has 0 amide bonds. The normalized spacial score (nSPS) is 12.2. The zero-order chi connectivity index (χ0) is 32.6. The van der Waals surface area contributed by atoms with Crippen molar-refractivity contribution in [3.05, 3.63) is 115 Å². The first-order valence-electron chi connectivity index (χ1n) is 13.1. The van der Waals surface area contributed by atoms with Crippen LogP contribution < -0.4 is 9.30 Å². The standard InChI is InChI=1S/C31H25NO10S3/c1-42-30-16-11-24(19-31(30)45(39,40)41)25-17-28(22-7-12-26(13-8-22)43(33,34)35)32(20-21-5-3-2-4-6-21)29(18-25)23-9-14-27(15-10-23)44(36,37)38/h2-19H,20H2,1H3,(H2-,33,34,35,36,37,38,39,40,41). The molecule has 0 saturated heterocycles. The first kappa shape index (κ1) is 32.0. The molecule has 5 rings (SSSR count). The van der Waals surface area contributed by atoms with Gasteiger partial charge in [-0.05, 0) is 71.8 Å². The highest BCUT2D eigenvalue weighted by Crippen LogP contribution is 2.34. The smallest absolute Gasteiger partial charge is 0.294 e. The number of pyridine rings is 1. The molecule has 1 heterocycles. The number of hydrogen-bond acceptors (Lipinski definition) is 8. The van der Waals surface area contributed by atoms with Crippen LogP contribution in [0.4, 0.5) is 0 Å². The highest BCUT2D eigenvalue weighted by atomic mass is 32.2. The molecule has 0 aliphatic heterocycles. The third-order valence-corrected chi connectivity index (χ3v) is 9.61. The molecule has 232 valence electrons. The van der Waals surface area contributed by atoms with Crippen molar-refractivity contribution in [2.45, 2.75) is 21.2 Å². The Morgan fingerprint density at radius 3 is 1.51 bits per heavy atom. The summed E-state index contributed by atoms with van der Waals surface area (Å²) in [7, 11) is -12.6. The molecule has 0 unspecified atom stereocenters. The van der Waals surface area contributed by atoms with Gasteiger partial charge in [-0.3, -0.25) is 9.11 Å². The van der Waals surface area contributed by atoms with E-state index in [9.17, 15) is 38.9 Å². The Bertz CT molecular complexity index is 2120. The van der Waals surface area contributed by atoms with Gasteiger partial charge < -0.3 is 9.29 Å². The molecule has 0 saturated carbocycles. The molecular formula is C31H25NO10S3. The van der Waals surface area contributed by atoms with Crippen molar-refractivity contribution >= 4 is 30.4 Å². The first-order chi connectivity index (χ1) is 21.1. The maximum Gasteiger partial charge on any atom is 0.294 e. The molecule has 45 heavy (non-hydrogen) atoms. The van der Waals surface area contributed by atoms with Crippen molar-refractivity contribution in [2.75, 3.05) is 7.11 Å². The van der Waals surface area contributed by atoms with Crippen LogP contribution >= 0.6 is 0 Å². The number of aromatic nitrogens is 1. The van der Waals surface area contributed by atoms with Crippen molar-refractivity contribution in [2.24, 2.45) is 0 Å². The summed E-state index contributed by atoms with van der Waals surface area (Å²) in [5.41, 5.74) is 3.75. The predicted octanol–water partition coefficient (Wildman–Crippen LogP) is 4.43. The Hall–Kier alpha value is -4.44. The van der Waals surface area contributed by atoms with Gasteiger partial charge in [0, 0.05) is 28.8 Å². The van der Waals surface area contributed by atoms with Gasteiger partial charge in [0.1, 0.15) is 15.9 Å². The zero-order valence-electron chi connectivity index (χ0n) is 23.4. The summed E-state index contributed by atoms with van der Waals surface area (Å²) in [6, 6.07) is 27.9. The van der Waals surface area contributed by atoms with Crippen LogP contribution in [0.1, 0.15) is 5.56 Å². The molecule has 0 aliphatic carbocycles. The fraction of sp³-hybridized carbons (Fsp3) is 0.0645. The Labute approximate surface area is 260 Å². The van der Waals surface area contributed by atoms with E-state index in [4.69, 9.17) is 4.74 Å². The molecule has 0 bridgehead atoms. The van der Waals surface area contributed by atoms with Gasteiger partial charge in [0.2, 0.25) is 11.4 Å². The average molecular weight is 668 g/mol. The van der Waals surface area contributed by atoms with Crippen molar-refractivity contribution in [3.8, 4) is 39.4 Å². The maximum absolute atomic E-state index is 12.1. The third-order valence-electron chi connectivity index (χ3n) is 7.01. The van der Waals surface area contributed by atoms with Crippen molar-refractivity contribution < 1.29 is 48.2 Å². The lowest BCUT2D eigenvalue weighted by Crippen LogP contribution is -2.39. The van der Waals surface area contributed by atoms with E-state index in [1.165, 1.54) is 67.8 Å². The average Bonchev–Trinajstić information content (AvgIpc) is 3.00. The van der Waals surface area contributed by atoms with Crippen LogP contribution in [0.5, 0.6) is 5.75 Å². The summed E-state index contributed by atoms with van der Waals surface area (Å²) >= 11 is 0. The number of benzene rings is 4. The zero-order valence-corrected chi connectivity index (χ0v) is 25.9. The minimum Gasteiger partial charge on any atom is -0.744 e. The van der Waals surface area contributed by atoms with E-state index in [1.807, 2.05) is 34.9 Å². The Morgan fingerprint density at radius 1 is 0.622 bits per heavy atom. The van der Waals surface area contributed by atoms with Crippen molar-refractivity contribution in [3.63, 3.8) is 0 Å². The van der Waals surface area contributed by atoms with E-state index >= 15 is 0 Å². The highest BCUT2D eigenvalue weighted by Gasteiger charge is 2.25. The second kappa shape index (κ2) is 12.2. The van der Waals surface area contributed by atoms with Crippen LogP contribution in [0.15, 0.2) is 124 Å². The van der Waals surface area contributed by atoms with E-state index in [1.54, 1.807) is 18.2 Å². The second-order valence-corrected chi connectivity index (χ2v) is 14.1. The van der Waals surface area contributed by atoms with E-state index in [0.717, 1.165) is 5.56 Å². The highest BCUT2D eigenvalue weighted by molar-refractivity contribution is 7.86. The lowest BCUT2D eigenvalue weighted by molar-refractivity contribution is -0.666. The lowest BCUT2D eigenvalue weighted by atomic mass is 9.98. The molecule has 4 aromatic carbocycles. The number of hydrogen-bond donors (Lipinski definition) is 2. The monoisotopic (exact) mass is 667 g/mol. The van der Waals surface area contributed by atoms with Crippen LogP contribution in [-0.4, -0.2) is 46.0 Å². The summed E-state index contributed by atoms with van der Waals surface area (Å²) in [6.07, 6.45) is 0. The summed E-state index contributed by atoms with van der Waals surface area (Å²) in [6.45, 7) is 0.286.